The van der Waals surface area contributed by atoms with Gasteiger partial charge in [0.25, 0.3) is 5.91 Å². The number of amides is 3. The number of esters is 1. The smallest absolute Gasteiger partial charge is 0.435 e. The van der Waals surface area contributed by atoms with Crippen molar-refractivity contribution in [2.75, 3.05) is 32.1 Å². The highest BCUT2D eigenvalue weighted by Gasteiger charge is 2.32. The average Bonchev–Trinajstić information content (AvgIpc) is 3.68. The predicted octanol–water partition coefficient (Wildman–Crippen LogP) is 6.95. The Bertz CT molecular complexity index is 2010. The summed E-state index contributed by atoms with van der Waals surface area (Å²) in [6, 6.07) is 3.33. The van der Waals surface area contributed by atoms with E-state index in [-0.39, 0.29) is 43.1 Å². The molecule has 0 aromatic carbocycles. The van der Waals surface area contributed by atoms with Gasteiger partial charge in [-0.3, -0.25) is 9.78 Å². The minimum Gasteiger partial charge on any atom is -0.462 e. The number of ether oxygens (including phenoxy) is 4. The predicted molar refractivity (Wildman–Crippen MR) is 205 cm³/mol. The van der Waals surface area contributed by atoms with Crippen LogP contribution in [0.5, 0.6) is 0 Å². The standard InChI is InChI=1S/C39H53N7O9/c1-14-52-33(48)26-17-22(2)41-27(26)19-25-24-18-28(40-20-29(24)42-32(25)47)31-23(3)46(36(51)55-39(10,11)12)43-30(31)21-45(35(50)54-38(7,8)9)16-15-44(13)34(49)53-37(4,5)6/h17-20,41H,14-16,21H2,1-13H3,(H,42,47)/b25-19-. The molecular weight excluding hydrogens is 710 g/mol. The zero-order valence-electron chi connectivity index (χ0n) is 34.0. The third-order valence-corrected chi connectivity index (χ3v) is 7.87. The number of nitrogens with one attached hydrogen (secondary N) is 2. The Morgan fingerprint density at radius 3 is 2.11 bits per heavy atom. The first-order valence-electron chi connectivity index (χ1n) is 18.0. The Morgan fingerprint density at radius 2 is 1.51 bits per heavy atom. The first-order chi connectivity index (χ1) is 25.4. The fourth-order valence-corrected chi connectivity index (χ4v) is 5.55. The second-order valence-electron chi connectivity index (χ2n) is 16.2. The van der Waals surface area contributed by atoms with E-state index in [9.17, 15) is 24.0 Å². The highest BCUT2D eigenvalue weighted by molar-refractivity contribution is 6.35. The summed E-state index contributed by atoms with van der Waals surface area (Å²) in [5, 5.41) is 7.46. The lowest BCUT2D eigenvalue weighted by Crippen LogP contribution is -2.43. The fourth-order valence-electron chi connectivity index (χ4n) is 5.55. The van der Waals surface area contributed by atoms with Gasteiger partial charge >= 0.3 is 24.2 Å². The Hall–Kier alpha value is -5.67. The Balaban J connectivity index is 1.83. The van der Waals surface area contributed by atoms with Crippen molar-refractivity contribution in [2.45, 2.75) is 106 Å². The molecule has 2 N–H and O–H groups in total. The Morgan fingerprint density at radius 1 is 0.891 bits per heavy atom. The lowest BCUT2D eigenvalue weighted by Gasteiger charge is -2.29. The minimum atomic E-state index is -0.852. The van der Waals surface area contributed by atoms with Crippen LogP contribution in [-0.4, -0.2) is 103 Å². The normalized spacial score (nSPS) is 13.6. The maximum absolute atomic E-state index is 13.7. The highest BCUT2D eigenvalue weighted by Crippen LogP contribution is 2.37. The van der Waals surface area contributed by atoms with Crippen molar-refractivity contribution < 1.29 is 42.9 Å². The lowest BCUT2D eigenvalue weighted by molar-refractivity contribution is -0.110. The van der Waals surface area contributed by atoms with Crippen LogP contribution in [0.15, 0.2) is 18.3 Å². The van der Waals surface area contributed by atoms with Crippen LogP contribution in [0.4, 0.5) is 20.1 Å². The van der Waals surface area contributed by atoms with Gasteiger partial charge in [0.2, 0.25) is 0 Å². The highest BCUT2D eigenvalue weighted by atomic mass is 16.6. The number of nitrogens with zero attached hydrogens (tertiary/aromatic N) is 5. The molecule has 298 valence electrons. The zero-order chi connectivity index (χ0) is 41.2. The molecule has 3 amide bonds. The number of hydrogen-bond donors (Lipinski definition) is 2. The summed E-state index contributed by atoms with van der Waals surface area (Å²) in [7, 11) is 1.56. The van der Waals surface area contributed by atoms with Gasteiger partial charge in [-0.1, -0.05) is 0 Å². The molecule has 4 rings (SSSR count). The number of H-pyrrole nitrogens is 1. The monoisotopic (exact) mass is 763 g/mol. The third-order valence-electron chi connectivity index (χ3n) is 7.87. The number of carbonyl (C=O) groups is 5. The van der Waals surface area contributed by atoms with Gasteiger partial charge in [0.1, 0.15) is 16.8 Å². The van der Waals surface area contributed by atoms with Crippen LogP contribution in [0.25, 0.3) is 22.9 Å². The van der Waals surface area contributed by atoms with E-state index < -0.39 is 47.0 Å². The maximum atomic E-state index is 13.7. The molecule has 1 aliphatic rings. The van der Waals surface area contributed by atoms with Gasteiger partial charge in [-0.25, -0.2) is 19.2 Å². The summed E-state index contributed by atoms with van der Waals surface area (Å²) < 4.78 is 23.2. The SMILES string of the molecule is CCOC(=O)c1cc(C)[nH]c1/C=C1\C(=O)Nc2cnc(-c3c(CN(CCN(C)C(=O)OC(C)(C)C)C(=O)OC(C)(C)C)nn(C(=O)OC(C)(C)C)c3C)cc21. The van der Waals surface area contributed by atoms with Crippen LogP contribution in [-0.2, 0) is 30.3 Å². The molecule has 1 aliphatic heterocycles. The third kappa shape index (κ3) is 10.7. The molecule has 0 bridgehead atoms. The van der Waals surface area contributed by atoms with Crippen LogP contribution in [0.2, 0.25) is 0 Å². The second-order valence-corrected chi connectivity index (χ2v) is 16.2. The van der Waals surface area contributed by atoms with Crippen LogP contribution in [0.1, 0.15) is 108 Å². The number of likely N-dealkylation sites (N-methyl/N-ethyl adjacent to an activating group) is 1. The number of hydrogen-bond acceptors (Lipinski definition) is 11. The molecule has 0 saturated heterocycles. The number of rotatable bonds is 9. The topological polar surface area (TPSA) is 187 Å². The van der Waals surface area contributed by atoms with Crippen molar-refractivity contribution in [3.8, 4) is 11.3 Å². The summed E-state index contributed by atoms with van der Waals surface area (Å²) in [5.41, 5.74) is 1.50. The fraction of sp³-hybridized carbons (Fsp3) is 0.513. The van der Waals surface area contributed by atoms with Gasteiger partial charge in [-0.05, 0) is 101 Å². The van der Waals surface area contributed by atoms with Crippen molar-refractivity contribution in [1.29, 1.82) is 0 Å². The molecule has 0 fully saturated rings. The van der Waals surface area contributed by atoms with Gasteiger partial charge in [-0.2, -0.15) is 9.78 Å². The first kappa shape index (κ1) is 42.1. The number of aryl methyl sites for hydroxylation is 1. The summed E-state index contributed by atoms with van der Waals surface area (Å²) in [5.74, 6) is -0.947. The molecule has 0 unspecified atom stereocenters. The van der Waals surface area contributed by atoms with E-state index in [0.29, 0.717) is 39.6 Å². The molecule has 3 aromatic heterocycles. The second kappa shape index (κ2) is 16.0. The first-order valence-corrected chi connectivity index (χ1v) is 18.0. The summed E-state index contributed by atoms with van der Waals surface area (Å²) in [4.78, 5) is 76.6. The van der Waals surface area contributed by atoms with Crippen molar-refractivity contribution in [1.82, 2.24) is 29.5 Å². The van der Waals surface area contributed by atoms with E-state index in [1.165, 1.54) is 16.0 Å². The molecule has 0 atom stereocenters. The quantitative estimate of drug-likeness (QED) is 0.130. The van der Waals surface area contributed by atoms with E-state index >= 15 is 0 Å². The van der Waals surface area contributed by atoms with E-state index in [0.717, 1.165) is 4.68 Å². The molecule has 0 aliphatic carbocycles. The van der Waals surface area contributed by atoms with Crippen molar-refractivity contribution in [2.24, 2.45) is 0 Å². The average molecular weight is 764 g/mol. The summed E-state index contributed by atoms with van der Waals surface area (Å²) in [6.07, 6.45) is 1.07. The lowest BCUT2D eigenvalue weighted by atomic mass is 10.0. The van der Waals surface area contributed by atoms with E-state index in [2.05, 4.69) is 20.4 Å². The number of aromatic nitrogens is 4. The molecule has 16 heteroatoms. The van der Waals surface area contributed by atoms with Crippen LogP contribution in [0, 0.1) is 13.8 Å². The number of fused-ring (bicyclic) bond motifs is 1. The minimum absolute atomic E-state index is 0.0176. The molecule has 55 heavy (non-hydrogen) atoms. The van der Waals surface area contributed by atoms with Crippen LogP contribution >= 0.6 is 0 Å². The number of carbonyl (C=O) groups excluding carboxylic acids is 5. The molecule has 3 aromatic rings. The molecule has 0 saturated carbocycles. The van der Waals surface area contributed by atoms with Gasteiger partial charge in [-0.15, -0.1) is 0 Å². The number of aromatic amines is 1. The number of pyridine rings is 1. The van der Waals surface area contributed by atoms with E-state index in [1.807, 2.05) is 0 Å². The largest absolute Gasteiger partial charge is 0.462 e. The van der Waals surface area contributed by atoms with Gasteiger partial charge in [0.05, 0.1) is 58.9 Å². The van der Waals surface area contributed by atoms with Crippen LogP contribution in [0.3, 0.4) is 0 Å². The Labute approximate surface area is 321 Å². The summed E-state index contributed by atoms with van der Waals surface area (Å²) in [6.45, 7) is 21.0. The summed E-state index contributed by atoms with van der Waals surface area (Å²) >= 11 is 0. The molecule has 4 heterocycles. The van der Waals surface area contributed by atoms with Gasteiger partial charge in [0, 0.05) is 37.0 Å². The van der Waals surface area contributed by atoms with Gasteiger partial charge < -0.3 is 39.0 Å². The van der Waals surface area contributed by atoms with Crippen molar-refractivity contribution in [3.63, 3.8) is 0 Å². The number of anilines is 1. The Kier molecular flexibility index (Phi) is 12.2. The van der Waals surface area contributed by atoms with E-state index in [4.69, 9.17) is 18.9 Å². The van der Waals surface area contributed by atoms with Crippen LogP contribution < -0.4 is 5.32 Å². The molecule has 16 nitrogen and oxygen atoms in total. The molecule has 0 spiro atoms. The molecular formula is C39H53N7O9. The zero-order valence-corrected chi connectivity index (χ0v) is 34.0. The van der Waals surface area contributed by atoms with Crippen molar-refractivity contribution >= 4 is 47.5 Å². The molecule has 0 radical (unpaired) electrons. The van der Waals surface area contributed by atoms with Gasteiger partial charge in [0.15, 0.2) is 0 Å². The maximum Gasteiger partial charge on any atom is 0.435 e. The van der Waals surface area contributed by atoms with E-state index in [1.54, 1.807) is 108 Å². The van der Waals surface area contributed by atoms with Crippen molar-refractivity contribution in [3.05, 3.63) is 52.2 Å².